The van der Waals surface area contributed by atoms with Crippen LogP contribution in [-0.2, 0) is 28.5 Å². The third kappa shape index (κ3) is 1.93. The summed E-state index contributed by atoms with van der Waals surface area (Å²) < 4.78 is 27.8. The Labute approximate surface area is 105 Å². The fourth-order valence-corrected chi connectivity index (χ4v) is 2.64. The molecule has 3 rings (SSSR count). The molecule has 3 unspecified atom stereocenters. The SMILES string of the molecule is CC1(C)OCC(C2OC(=O)C3OC(C)(C)O[C@@H]32)O1. The molecular formula is C12H18O6. The first-order chi connectivity index (χ1) is 8.27. The molecule has 0 spiro atoms. The minimum absolute atomic E-state index is 0.309. The Morgan fingerprint density at radius 1 is 1.00 bits per heavy atom. The highest BCUT2D eigenvalue weighted by atomic mass is 16.8. The molecule has 0 bridgehead atoms. The van der Waals surface area contributed by atoms with Gasteiger partial charge in [-0.05, 0) is 27.7 Å². The van der Waals surface area contributed by atoms with Crippen molar-refractivity contribution in [3.05, 3.63) is 0 Å². The lowest BCUT2D eigenvalue weighted by atomic mass is 10.1. The van der Waals surface area contributed by atoms with Gasteiger partial charge >= 0.3 is 5.97 Å². The molecule has 6 heteroatoms. The van der Waals surface area contributed by atoms with Crippen LogP contribution in [0, 0.1) is 0 Å². The number of rotatable bonds is 1. The molecule has 3 heterocycles. The minimum atomic E-state index is -0.762. The fourth-order valence-electron chi connectivity index (χ4n) is 2.64. The van der Waals surface area contributed by atoms with Gasteiger partial charge < -0.3 is 23.7 Å². The van der Waals surface area contributed by atoms with Gasteiger partial charge in [-0.1, -0.05) is 0 Å². The molecule has 0 saturated carbocycles. The second-order valence-electron chi connectivity index (χ2n) is 5.79. The van der Waals surface area contributed by atoms with Gasteiger partial charge in [0.05, 0.1) is 6.61 Å². The zero-order valence-electron chi connectivity index (χ0n) is 11.0. The van der Waals surface area contributed by atoms with E-state index in [1.54, 1.807) is 13.8 Å². The molecule has 3 aliphatic rings. The van der Waals surface area contributed by atoms with Crippen LogP contribution in [0.2, 0.25) is 0 Å². The zero-order valence-corrected chi connectivity index (χ0v) is 11.0. The predicted octanol–water partition coefficient (Wildman–Crippen LogP) is 0.583. The van der Waals surface area contributed by atoms with E-state index in [0.717, 1.165) is 0 Å². The summed E-state index contributed by atoms with van der Waals surface area (Å²) in [5.41, 5.74) is 0. The Balaban J connectivity index is 1.77. The molecule has 4 atom stereocenters. The van der Waals surface area contributed by atoms with Gasteiger partial charge in [-0.3, -0.25) is 0 Å². The summed E-state index contributed by atoms with van der Waals surface area (Å²) in [6, 6.07) is 0. The first-order valence-corrected chi connectivity index (χ1v) is 6.15. The normalized spacial score (nSPS) is 45.0. The number of carbonyl (C=O) groups is 1. The smallest absolute Gasteiger partial charge is 0.338 e. The van der Waals surface area contributed by atoms with Crippen LogP contribution < -0.4 is 0 Å². The van der Waals surface area contributed by atoms with E-state index in [2.05, 4.69) is 0 Å². The highest BCUT2D eigenvalue weighted by Gasteiger charge is 2.59. The van der Waals surface area contributed by atoms with Gasteiger partial charge in [0.25, 0.3) is 0 Å². The van der Waals surface area contributed by atoms with E-state index < -0.39 is 29.9 Å². The number of hydrogen-bond acceptors (Lipinski definition) is 6. The maximum atomic E-state index is 11.7. The molecule has 18 heavy (non-hydrogen) atoms. The van der Waals surface area contributed by atoms with E-state index in [1.807, 2.05) is 13.8 Å². The lowest BCUT2D eigenvalue weighted by molar-refractivity contribution is -0.200. The zero-order chi connectivity index (χ0) is 13.1. The summed E-state index contributed by atoms with van der Waals surface area (Å²) in [6.45, 7) is 7.61. The van der Waals surface area contributed by atoms with Gasteiger partial charge in [0.15, 0.2) is 23.8 Å². The van der Waals surface area contributed by atoms with E-state index in [4.69, 9.17) is 23.7 Å². The van der Waals surface area contributed by atoms with Gasteiger partial charge in [0, 0.05) is 0 Å². The molecule has 0 aromatic rings. The Bertz CT molecular complexity index is 377. The largest absolute Gasteiger partial charge is 0.455 e. The Hall–Kier alpha value is -0.690. The molecular weight excluding hydrogens is 240 g/mol. The maximum absolute atomic E-state index is 11.7. The minimum Gasteiger partial charge on any atom is -0.455 e. The number of carbonyl (C=O) groups excluding carboxylic acids is 1. The van der Waals surface area contributed by atoms with Crippen molar-refractivity contribution in [2.24, 2.45) is 0 Å². The van der Waals surface area contributed by atoms with E-state index >= 15 is 0 Å². The molecule has 6 nitrogen and oxygen atoms in total. The summed E-state index contributed by atoms with van der Waals surface area (Å²) >= 11 is 0. The molecule has 0 radical (unpaired) electrons. The van der Waals surface area contributed by atoms with E-state index in [9.17, 15) is 4.79 Å². The topological polar surface area (TPSA) is 63.2 Å². The Morgan fingerprint density at radius 3 is 2.33 bits per heavy atom. The van der Waals surface area contributed by atoms with Crippen molar-refractivity contribution in [2.45, 2.75) is 63.7 Å². The average molecular weight is 258 g/mol. The number of cyclic esters (lactones) is 1. The highest BCUT2D eigenvalue weighted by Crippen LogP contribution is 2.39. The van der Waals surface area contributed by atoms with Crippen LogP contribution in [0.15, 0.2) is 0 Å². The predicted molar refractivity (Wildman–Crippen MR) is 58.6 cm³/mol. The van der Waals surface area contributed by atoms with Gasteiger partial charge in [-0.2, -0.15) is 0 Å². The summed E-state index contributed by atoms with van der Waals surface area (Å²) in [5.74, 6) is -1.80. The average Bonchev–Trinajstić information content (AvgIpc) is 2.81. The van der Waals surface area contributed by atoms with E-state index in [-0.39, 0.29) is 12.1 Å². The van der Waals surface area contributed by atoms with Gasteiger partial charge in [0.2, 0.25) is 0 Å². The third-order valence-corrected chi connectivity index (χ3v) is 3.33. The van der Waals surface area contributed by atoms with Gasteiger partial charge in [-0.15, -0.1) is 0 Å². The molecule has 0 amide bonds. The van der Waals surface area contributed by atoms with Crippen molar-refractivity contribution in [1.82, 2.24) is 0 Å². The van der Waals surface area contributed by atoms with Gasteiger partial charge in [-0.25, -0.2) is 4.79 Å². The molecule has 0 N–H and O–H groups in total. The van der Waals surface area contributed by atoms with Crippen LogP contribution in [0.4, 0.5) is 0 Å². The Kier molecular flexibility index (Phi) is 2.51. The van der Waals surface area contributed by atoms with E-state index in [1.165, 1.54) is 0 Å². The summed E-state index contributed by atoms with van der Waals surface area (Å²) in [6.07, 6.45) is -1.85. The lowest BCUT2D eigenvalue weighted by Crippen LogP contribution is -2.40. The van der Waals surface area contributed by atoms with Crippen LogP contribution in [0.5, 0.6) is 0 Å². The summed E-state index contributed by atoms with van der Waals surface area (Å²) in [4.78, 5) is 11.7. The fraction of sp³-hybridized carbons (Fsp3) is 0.917. The van der Waals surface area contributed by atoms with Crippen LogP contribution in [-0.4, -0.2) is 48.6 Å². The van der Waals surface area contributed by atoms with Crippen molar-refractivity contribution < 1.29 is 28.5 Å². The molecule has 3 aliphatic heterocycles. The van der Waals surface area contributed by atoms with Crippen LogP contribution >= 0.6 is 0 Å². The van der Waals surface area contributed by atoms with E-state index in [0.29, 0.717) is 6.61 Å². The molecule has 0 aliphatic carbocycles. The van der Waals surface area contributed by atoms with Crippen molar-refractivity contribution >= 4 is 5.97 Å². The van der Waals surface area contributed by atoms with Crippen LogP contribution in [0.1, 0.15) is 27.7 Å². The number of hydrogen-bond donors (Lipinski definition) is 0. The standard InChI is InChI=1S/C12H18O6/c1-11(2)14-5-6(16-11)7-8-9(10(13)15-7)18-12(3,4)17-8/h6-9H,5H2,1-4H3/t6?,7?,8-,9?/m1/s1. The van der Waals surface area contributed by atoms with Crippen molar-refractivity contribution in [2.75, 3.05) is 6.61 Å². The molecule has 0 aromatic carbocycles. The summed E-state index contributed by atoms with van der Waals surface area (Å²) in [7, 11) is 0. The van der Waals surface area contributed by atoms with Crippen molar-refractivity contribution in [3.8, 4) is 0 Å². The number of fused-ring (bicyclic) bond motifs is 1. The Morgan fingerprint density at radius 2 is 1.72 bits per heavy atom. The third-order valence-electron chi connectivity index (χ3n) is 3.33. The lowest BCUT2D eigenvalue weighted by Gasteiger charge is -2.25. The monoisotopic (exact) mass is 258 g/mol. The molecule has 3 fully saturated rings. The molecule has 102 valence electrons. The second kappa shape index (κ2) is 3.66. The number of esters is 1. The maximum Gasteiger partial charge on any atom is 0.338 e. The number of ether oxygens (including phenoxy) is 5. The van der Waals surface area contributed by atoms with Gasteiger partial charge in [0.1, 0.15) is 12.2 Å². The first kappa shape index (κ1) is 12.3. The van der Waals surface area contributed by atoms with Crippen LogP contribution in [0.25, 0.3) is 0 Å². The summed E-state index contributed by atoms with van der Waals surface area (Å²) in [5, 5.41) is 0. The quantitative estimate of drug-likeness (QED) is 0.641. The highest BCUT2D eigenvalue weighted by molar-refractivity contribution is 5.78. The van der Waals surface area contributed by atoms with Crippen molar-refractivity contribution in [3.63, 3.8) is 0 Å². The second-order valence-corrected chi connectivity index (χ2v) is 5.79. The van der Waals surface area contributed by atoms with Crippen molar-refractivity contribution in [1.29, 1.82) is 0 Å². The molecule has 0 aromatic heterocycles. The van der Waals surface area contributed by atoms with Crippen LogP contribution in [0.3, 0.4) is 0 Å². The first-order valence-electron chi connectivity index (χ1n) is 6.15. The molecule has 3 saturated heterocycles.